The van der Waals surface area contributed by atoms with Crippen molar-refractivity contribution in [1.29, 1.82) is 0 Å². The number of thiophene rings is 2. The zero-order valence-electron chi connectivity index (χ0n) is 32.8. The van der Waals surface area contributed by atoms with Gasteiger partial charge in [-0.1, -0.05) is 140 Å². The highest BCUT2D eigenvalue weighted by Crippen LogP contribution is 2.52. The molecule has 2 aromatic heterocycles. The third-order valence-corrected chi connectivity index (χ3v) is 15.4. The molecule has 0 N–H and O–H groups in total. The largest absolute Gasteiger partial charge is 0.376 e. The van der Waals surface area contributed by atoms with Crippen molar-refractivity contribution in [3.05, 3.63) is 200 Å². The molecular weight excluding hydrogens is 776 g/mol. The van der Waals surface area contributed by atoms with Crippen molar-refractivity contribution in [3.8, 4) is 22.3 Å². The van der Waals surface area contributed by atoms with E-state index >= 15 is 0 Å². The highest BCUT2D eigenvalue weighted by atomic mass is 32.1. The van der Waals surface area contributed by atoms with Crippen LogP contribution >= 0.6 is 22.7 Å². The van der Waals surface area contributed by atoms with Crippen LogP contribution < -0.4 is 20.6 Å². The number of anilines is 5. The molecule has 12 aromatic rings. The minimum Gasteiger partial charge on any atom is -0.376 e. The van der Waals surface area contributed by atoms with E-state index in [-0.39, 0.29) is 6.85 Å². The Hall–Kier alpha value is -7.18. The molecule has 2 nitrogen and oxygen atoms in total. The van der Waals surface area contributed by atoms with Crippen LogP contribution in [0.4, 0.5) is 28.4 Å². The molecule has 14 rings (SSSR count). The van der Waals surface area contributed by atoms with Gasteiger partial charge in [0.05, 0.1) is 5.69 Å². The number of hydrogen-bond acceptors (Lipinski definition) is 4. The van der Waals surface area contributed by atoms with Gasteiger partial charge < -0.3 is 9.71 Å². The van der Waals surface area contributed by atoms with Crippen LogP contribution in [-0.2, 0) is 0 Å². The molecule has 0 unspecified atom stereocenters. The maximum absolute atomic E-state index is 2.66. The molecule has 61 heavy (non-hydrogen) atoms. The molecule has 2 aliphatic rings. The van der Waals surface area contributed by atoms with Crippen LogP contribution in [0.2, 0.25) is 0 Å². The van der Waals surface area contributed by atoms with Crippen LogP contribution in [0.25, 0.3) is 84.1 Å². The third-order valence-electron chi connectivity index (χ3n) is 13.2. The summed E-state index contributed by atoms with van der Waals surface area (Å²) in [5.74, 6) is 0. The summed E-state index contributed by atoms with van der Waals surface area (Å²) < 4.78 is 5.24. The molecular formula is C56H33BN2S2. The van der Waals surface area contributed by atoms with Gasteiger partial charge in [0, 0.05) is 74.0 Å². The summed E-state index contributed by atoms with van der Waals surface area (Å²) >= 11 is 3.78. The van der Waals surface area contributed by atoms with Gasteiger partial charge in [0.25, 0.3) is 0 Å². The molecule has 2 aliphatic heterocycles. The Kier molecular flexibility index (Phi) is 6.99. The molecule has 0 radical (unpaired) electrons. The van der Waals surface area contributed by atoms with Crippen molar-refractivity contribution in [2.45, 2.75) is 0 Å². The molecule has 0 aliphatic carbocycles. The van der Waals surface area contributed by atoms with E-state index in [9.17, 15) is 0 Å². The smallest absolute Gasteiger partial charge is 0.333 e. The number of nitrogens with zero attached hydrogens (tertiary/aromatic N) is 2. The van der Waals surface area contributed by atoms with E-state index in [1.807, 2.05) is 22.7 Å². The Morgan fingerprint density at radius 3 is 1.70 bits per heavy atom. The quantitative estimate of drug-likeness (QED) is 0.164. The SMILES string of the molecule is c1ccc(-c2ccc(N3B4c5cc6c(cc5N(c5ccc7c(c5)sc5ccccc57)c5c4c(cc4ccccc54)-c4cc5ccccc5cc43)sc3ccccc36)cc2)cc1. The van der Waals surface area contributed by atoms with Crippen molar-refractivity contribution in [3.63, 3.8) is 0 Å². The number of fused-ring (bicyclic) bond motifs is 13. The van der Waals surface area contributed by atoms with Gasteiger partial charge in [-0.25, -0.2) is 0 Å². The van der Waals surface area contributed by atoms with E-state index in [4.69, 9.17) is 0 Å². The van der Waals surface area contributed by atoms with E-state index in [1.54, 1.807) is 0 Å². The number of benzene rings is 10. The summed E-state index contributed by atoms with van der Waals surface area (Å²) in [5, 5.41) is 10.2. The van der Waals surface area contributed by atoms with Gasteiger partial charge in [-0.3, -0.25) is 0 Å². The van der Waals surface area contributed by atoms with Gasteiger partial charge in [-0.15, -0.1) is 22.7 Å². The standard InChI is InChI=1S/C56H33BN2S2/c1-2-12-34(13-3-1)35-22-24-39(25-23-35)59-49-30-37-15-5-4-14-36(37)28-45(49)47-29-38-16-6-7-17-41(38)56-55(47)57(59)48-32-46-43-19-9-11-21-52(43)61-54(46)33-50(48)58(56)40-26-27-44-42-18-8-10-20-51(42)60-53(44)31-40/h1-33H. The topological polar surface area (TPSA) is 6.48 Å². The first-order valence-electron chi connectivity index (χ1n) is 20.9. The minimum atomic E-state index is -0.104. The molecule has 4 heterocycles. The lowest BCUT2D eigenvalue weighted by molar-refractivity contribution is 1.29. The van der Waals surface area contributed by atoms with Crippen LogP contribution in [0.5, 0.6) is 0 Å². The second-order valence-electron chi connectivity index (χ2n) is 16.4. The maximum Gasteiger partial charge on any atom is 0.333 e. The van der Waals surface area contributed by atoms with Crippen molar-refractivity contribution >= 4 is 131 Å². The lowest BCUT2D eigenvalue weighted by Gasteiger charge is -2.46. The predicted octanol–water partition coefficient (Wildman–Crippen LogP) is 15.1. The molecule has 0 atom stereocenters. The normalized spacial score (nSPS) is 13.1. The fourth-order valence-electron chi connectivity index (χ4n) is 10.5. The Labute approximate surface area is 360 Å². The summed E-state index contributed by atoms with van der Waals surface area (Å²) in [4.78, 5) is 5.27. The molecule has 0 fully saturated rings. The Balaban J connectivity index is 1.13. The van der Waals surface area contributed by atoms with Crippen LogP contribution in [0.1, 0.15) is 0 Å². The van der Waals surface area contributed by atoms with Crippen LogP contribution in [0, 0.1) is 0 Å². The van der Waals surface area contributed by atoms with Gasteiger partial charge in [-0.2, -0.15) is 0 Å². The molecule has 0 spiro atoms. The highest BCUT2D eigenvalue weighted by Gasteiger charge is 2.46. The van der Waals surface area contributed by atoms with Gasteiger partial charge in [0.1, 0.15) is 0 Å². The number of rotatable bonds is 3. The number of hydrogen-bond donors (Lipinski definition) is 0. The second kappa shape index (κ2) is 12.7. The van der Waals surface area contributed by atoms with Crippen molar-refractivity contribution in [1.82, 2.24) is 0 Å². The predicted molar refractivity (Wildman–Crippen MR) is 266 cm³/mol. The fraction of sp³-hybridized carbons (Fsp3) is 0. The lowest BCUT2D eigenvalue weighted by Crippen LogP contribution is -2.61. The Bertz CT molecular complexity index is 3790. The summed E-state index contributed by atoms with van der Waals surface area (Å²) in [6.45, 7) is -0.104. The molecule has 0 saturated heterocycles. The first-order valence-corrected chi connectivity index (χ1v) is 22.6. The lowest BCUT2D eigenvalue weighted by atomic mass is 9.43. The van der Waals surface area contributed by atoms with E-state index in [0.717, 1.165) is 0 Å². The van der Waals surface area contributed by atoms with Gasteiger partial charge in [0.15, 0.2) is 0 Å². The average molecular weight is 809 g/mol. The first kappa shape index (κ1) is 33.6. The third kappa shape index (κ3) is 4.84. The summed E-state index contributed by atoms with van der Waals surface area (Å²) in [6, 6.07) is 75.2. The Morgan fingerprint density at radius 1 is 0.361 bits per heavy atom. The van der Waals surface area contributed by atoms with E-state index in [2.05, 4.69) is 210 Å². The van der Waals surface area contributed by atoms with Crippen LogP contribution in [0.15, 0.2) is 200 Å². The highest BCUT2D eigenvalue weighted by molar-refractivity contribution is 7.26. The molecule has 5 heteroatoms. The van der Waals surface area contributed by atoms with E-state index in [0.29, 0.717) is 0 Å². The Morgan fingerprint density at radius 2 is 0.934 bits per heavy atom. The summed E-state index contributed by atoms with van der Waals surface area (Å²) in [6.07, 6.45) is 0. The second-order valence-corrected chi connectivity index (χ2v) is 18.6. The molecule has 282 valence electrons. The van der Waals surface area contributed by atoms with E-state index in [1.165, 1.54) is 124 Å². The summed E-state index contributed by atoms with van der Waals surface area (Å²) in [7, 11) is 0. The van der Waals surface area contributed by atoms with Crippen LogP contribution in [0.3, 0.4) is 0 Å². The summed E-state index contributed by atoms with van der Waals surface area (Å²) in [5.41, 5.74) is 13.7. The zero-order chi connectivity index (χ0) is 39.8. The monoisotopic (exact) mass is 808 g/mol. The van der Waals surface area contributed by atoms with Gasteiger partial charge in [-0.05, 0) is 104 Å². The minimum absolute atomic E-state index is 0.104. The molecule has 0 saturated carbocycles. The zero-order valence-corrected chi connectivity index (χ0v) is 34.5. The van der Waals surface area contributed by atoms with Gasteiger partial charge in [0.2, 0.25) is 0 Å². The maximum atomic E-state index is 2.66. The molecule has 10 aromatic carbocycles. The first-order chi connectivity index (χ1) is 30.2. The van der Waals surface area contributed by atoms with Crippen LogP contribution in [-0.4, -0.2) is 6.85 Å². The average Bonchev–Trinajstić information content (AvgIpc) is 3.88. The molecule has 0 bridgehead atoms. The van der Waals surface area contributed by atoms with Gasteiger partial charge >= 0.3 is 6.85 Å². The fourth-order valence-corrected chi connectivity index (χ4v) is 12.7. The van der Waals surface area contributed by atoms with Crippen molar-refractivity contribution < 1.29 is 0 Å². The van der Waals surface area contributed by atoms with Crippen molar-refractivity contribution in [2.24, 2.45) is 0 Å². The van der Waals surface area contributed by atoms with Crippen molar-refractivity contribution in [2.75, 3.05) is 9.71 Å². The van der Waals surface area contributed by atoms with E-state index < -0.39 is 0 Å². The molecule has 0 amide bonds.